The third-order valence-electron chi connectivity index (χ3n) is 5.76. The van der Waals surface area contributed by atoms with E-state index in [0.29, 0.717) is 5.69 Å². The van der Waals surface area contributed by atoms with Crippen LogP contribution in [0.3, 0.4) is 0 Å². The molecule has 0 aliphatic heterocycles. The van der Waals surface area contributed by atoms with Gasteiger partial charge in [-0.2, -0.15) is 23.3 Å². The molecule has 4 aromatic rings. The van der Waals surface area contributed by atoms with Gasteiger partial charge in [0.15, 0.2) is 17.3 Å². The van der Waals surface area contributed by atoms with Crippen LogP contribution < -0.4 is 10.1 Å². The van der Waals surface area contributed by atoms with Crippen molar-refractivity contribution in [2.75, 3.05) is 11.9 Å². The zero-order chi connectivity index (χ0) is 26.9. The fourth-order valence-electron chi connectivity index (χ4n) is 3.56. The van der Waals surface area contributed by atoms with Gasteiger partial charge in [-0.15, -0.1) is 0 Å². The second kappa shape index (κ2) is 10.5. The number of hydrogen-bond donors (Lipinski definition) is 2. The number of ether oxygens (including phenoxy) is 2. The second-order valence-electron chi connectivity index (χ2n) is 8.56. The van der Waals surface area contributed by atoms with Gasteiger partial charge in [-0.1, -0.05) is 11.6 Å². The molecular weight excluding hydrogens is 529 g/mol. The van der Waals surface area contributed by atoms with Gasteiger partial charge < -0.3 is 14.8 Å². The maximum atomic E-state index is 13.7. The molecule has 11 nitrogen and oxygen atoms in total. The Morgan fingerprint density at radius 2 is 2.00 bits per heavy atom. The van der Waals surface area contributed by atoms with E-state index in [4.69, 9.17) is 21.1 Å². The van der Waals surface area contributed by atoms with Crippen molar-refractivity contribution in [1.82, 2.24) is 35.1 Å². The summed E-state index contributed by atoms with van der Waals surface area (Å²) in [5.41, 5.74) is -0.951. The Kier molecular flexibility index (Phi) is 7.08. The lowest BCUT2D eigenvalue weighted by atomic mass is 9.96. The summed E-state index contributed by atoms with van der Waals surface area (Å²) in [5, 5.41) is 9.13. The van der Waals surface area contributed by atoms with Crippen molar-refractivity contribution in [2.24, 2.45) is 0 Å². The summed E-state index contributed by atoms with van der Waals surface area (Å²) in [6.07, 6.45) is 1.94. The highest BCUT2D eigenvalue weighted by atomic mass is 35.5. The molecule has 0 unspecified atom stereocenters. The van der Waals surface area contributed by atoms with Crippen molar-refractivity contribution < 1.29 is 27.4 Å². The molecule has 1 fully saturated rings. The minimum Gasteiger partial charge on any atom is -0.461 e. The predicted octanol–water partition coefficient (Wildman–Crippen LogP) is 4.14. The number of amides is 1. The molecule has 0 bridgehead atoms. The molecular formula is C23H20ClF3N8O3. The topological polar surface area (TPSA) is 141 Å². The lowest BCUT2D eigenvalue weighted by Gasteiger charge is -2.27. The molecule has 0 spiro atoms. The molecule has 4 heterocycles. The van der Waals surface area contributed by atoms with E-state index in [2.05, 4.69) is 40.4 Å². The number of carbonyl (C=O) groups excluding carboxylic acids is 1. The van der Waals surface area contributed by atoms with Crippen LogP contribution in [0.4, 0.5) is 19.0 Å². The number of anilines is 1. The highest BCUT2D eigenvalue weighted by Crippen LogP contribution is 2.37. The number of aromatic amines is 1. The second-order valence-corrected chi connectivity index (χ2v) is 8.99. The van der Waals surface area contributed by atoms with Crippen molar-refractivity contribution in [3.8, 4) is 17.4 Å². The van der Waals surface area contributed by atoms with Crippen LogP contribution in [0.2, 0.25) is 5.02 Å². The van der Waals surface area contributed by atoms with E-state index in [-0.39, 0.29) is 40.5 Å². The number of halogens is 4. The fraction of sp³-hybridized carbons (Fsp3) is 0.348. The molecule has 0 saturated heterocycles. The molecule has 38 heavy (non-hydrogen) atoms. The first-order chi connectivity index (χ1) is 18.2. The summed E-state index contributed by atoms with van der Waals surface area (Å²) in [6.45, 7) is 1.61. The summed E-state index contributed by atoms with van der Waals surface area (Å²) >= 11 is 5.76. The van der Waals surface area contributed by atoms with Gasteiger partial charge in [-0.05, 0) is 32.3 Å². The van der Waals surface area contributed by atoms with Crippen LogP contribution >= 0.6 is 11.6 Å². The number of rotatable bonds is 8. The van der Waals surface area contributed by atoms with Gasteiger partial charge in [-0.3, -0.25) is 19.9 Å². The van der Waals surface area contributed by atoms with E-state index in [1.54, 1.807) is 6.92 Å². The number of fused-ring (bicyclic) bond motifs is 1. The minimum absolute atomic E-state index is 0.0180. The van der Waals surface area contributed by atoms with Gasteiger partial charge in [0.1, 0.15) is 11.1 Å². The monoisotopic (exact) mass is 548 g/mol. The van der Waals surface area contributed by atoms with E-state index in [1.807, 2.05) is 0 Å². The predicted molar refractivity (Wildman–Crippen MR) is 128 cm³/mol. The summed E-state index contributed by atoms with van der Waals surface area (Å²) in [6, 6.07) is 0.732. The van der Waals surface area contributed by atoms with E-state index < -0.39 is 35.3 Å². The van der Waals surface area contributed by atoms with Gasteiger partial charge in [0.25, 0.3) is 5.91 Å². The molecule has 5 rings (SSSR count). The fourth-order valence-corrected chi connectivity index (χ4v) is 3.72. The Balaban J connectivity index is 1.50. The van der Waals surface area contributed by atoms with E-state index in [1.165, 1.54) is 18.6 Å². The van der Waals surface area contributed by atoms with Crippen LogP contribution in [-0.2, 0) is 15.7 Å². The third kappa shape index (κ3) is 5.65. The van der Waals surface area contributed by atoms with Gasteiger partial charge in [0.05, 0.1) is 47.6 Å². The van der Waals surface area contributed by atoms with Gasteiger partial charge in [0, 0.05) is 6.20 Å². The number of pyridine rings is 1. The number of hydrogen-bond acceptors (Lipinski definition) is 9. The molecule has 2 N–H and O–H groups in total. The normalized spacial score (nSPS) is 14.8. The molecule has 0 aromatic carbocycles. The first-order valence-corrected chi connectivity index (χ1v) is 11.9. The van der Waals surface area contributed by atoms with Crippen LogP contribution in [0.1, 0.15) is 30.5 Å². The first kappa shape index (κ1) is 25.7. The molecule has 15 heteroatoms. The molecule has 1 atom stereocenters. The van der Waals surface area contributed by atoms with Crippen molar-refractivity contribution in [3.63, 3.8) is 0 Å². The minimum atomic E-state index is -4.78. The lowest BCUT2D eigenvalue weighted by Crippen LogP contribution is -2.39. The van der Waals surface area contributed by atoms with Gasteiger partial charge in [-0.25, -0.2) is 9.97 Å². The maximum Gasteiger partial charge on any atom is 0.418 e. The van der Waals surface area contributed by atoms with Crippen molar-refractivity contribution in [1.29, 1.82) is 0 Å². The number of alkyl halides is 3. The Morgan fingerprint density at radius 3 is 2.68 bits per heavy atom. The number of nitrogens with zero attached hydrogens (tertiary/aromatic N) is 6. The lowest BCUT2D eigenvalue weighted by molar-refractivity contribution is -0.137. The van der Waals surface area contributed by atoms with Crippen molar-refractivity contribution >= 4 is 34.4 Å². The molecule has 1 aliphatic rings. The van der Waals surface area contributed by atoms with Crippen molar-refractivity contribution in [2.45, 2.75) is 44.6 Å². The third-order valence-corrected chi connectivity index (χ3v) is 5.97. The summed E-state index contributed by atoms with van der Waals surface area (Å²) in [7, 11) is 0. The number of aryl methyl sites for hydroxylation is 1. The average Bonchev–Trinajstić information content (AvgIpc) is 3.32. The Labute approximate surface area is 218 Å². The van der Waals surface area contributed by atoms with Crippen LogP contribution in [0, 0.1) is 6.92 Å². The number of nitrogens with one attached hydrogen (secondary N) is 2. The molecule has 1 aliphatic carbocycles. The zero-order valence-corrected chi connectivity index (χ0v) is 20.5. The highest BCUT2D eigenvalue weighted by Gasteiger charge is 2.36. The standard InChI is InChI=1S/C23H20ClF3N8O3/c1-11-6-29-17(9-28-11)32-21(36)16(10-37-13-3-2-4-13)38-22-14-8-31-35-19(14)33-20(34-22)18-15(23(25,26)27)5-12(24)7-30-18/h5-9,13,16H,2-4,10H2,1H3,(H,29,32,36)(H,31,33,34,35)/t16-/m0/s1. The Bertz CT molecular complexity index is 1460. The Morgan fingerprint density at radius 1 is 1.18 bits per heavy atom. The van der Waals surface area contributed by atoms with E-state index >= 15 is 0 Å². The maximum absolute atomic E-state index is 13.7. The molecule has 4 aromatic heterocycles. The number of H-pyrrole nitrogens is 1. The first-order valence-electron chi connectivity index (χ1n) is 11.5. The molecule has 0 radical (unpaired) electrons. The quantitative estimate of drug-likeness (QED) is 0.332. The van der Waals surface area contributed by atoms with Crippen LogP contribution in [0.25, 0.3) is 22.6 Å². The SMILES string of the molecule is Cc1cnc(NC(=O)[C@H](COC2CCC2)Oc2nc(-c3ncc(Cl)cc3C(F)(F)F)nc3[nH]ncc23)cn1. The largest absolute Gasteiger partial charge is 0.461 e. The zero-order valence-electron chi connectivity index (χ0n) is 19.8. The average molecular weight is 549 g/mol. The molecule has 198 valence electrons. The summed E-state index contributed by atoms with van der Waals surface area (Å²) in [4.78, 5) is 33.5. The van der Waals surface area contributed by atoms with Gasteiger partial charge in [0.2, 0.25) is 12.0 Å². The summed E-state index contributed by atoms with van der Waals surface area (Å²) < 4.78 is 53.0. The molecule has 1 amide bonds. The van der Waals surface area contributed by atoms with Gasteiger partial charge >= 0.3 is 6.18 Å². The number of carbonyl (C=O) groups is 1. The molecule has 1 saturated carbocycles. The smallest absolute Gasteiger partial charge is 0.418 e. The Hall–Kier alpha value is -3.91. The van der Waals surface area contributed by atoms with Crippen molar-refractivity contribution in [3.05, 3.63) is 47.1 Å². The summed E-state index contributed by atoms with van der Waals surface area (Å²) in [5.74, 6) is -1.00. The highest BCUT2D eigenvalue weighted by molar-refractivity contribution is 6.30. The van der Waals surface area contributed by atoms with Crippen LogP contribution in [-0.4, -0.2) is 59.8 Å². The van der Waals surface area contributed by atoms with Crippen LogP contribution in [0.5, 0.6) is 5.88 Å². The van der Waals surface area contributed by atoms with E-state index in [9.17, 15) is 18.0 Å². The number of aromatic nitrogens is 7. The van der Waals surface area contributed by atoms with Crippen LogP contribution in [0.15, 0.2) is 30.9 Å². The van der Waals surface area contributed by atoms with E-state index in [0.717, 1.165) is 31.5 Å².